The van der Waals surface area contributed by atoms with Crippen LogP contribution in [-0.2, 0) is 28.9 Å². The summed E-state index contributed by atoms with van der Waals surface area (Å²) in [5.74, 6) is 0.613. The summed E-state index contributed by atoms with van der Waals surface area (Å²) in [6.45, 7) is 7.33. The van der Waals surface area contributed by atoms with Gasteiger partial charge in [0.2, 0.25) is 10.0 Å². The first-order valence-electron chi connectivity index (χ1n) is 9.62. The number of benzene rings is 2. The Kier molecular flexibility index (Phi) is 11.7. The molecule has 0 aromatic heterocycles. The van der Waals surface area contributed by atoms with Crippen molar-refractivity contribution in [3.8, 4) is 0 Å². The molecule has 0 atom stereocenters. The van der Waals surface area contributed by atoms with Crippen molar-refractivity contribution < 1.29 is 8.42 Å². The quantitative estimate of drug-likeness (QED) is 0.244. The molecule has 0 aliphatic rings. The molecule has 0 aliphatic heterocycles. The third-order valence-electron chi connectivity index (χ3n) is 4.00. The lowest BCUT2D eigenvalue weighted by molar-refractivity contribution is 0.568. The van der Waals surface area contributed by atoms with Crippen molar-refractivity contribution in [2.45, 2.75) is 45.7 Å². The molecule has 9 heteroatoms. The summed E-state index contributed by atoms with van der Waals surface area (Å²) < 4.78 is 27.2. The van der Waals surface area contributed by atoms with Gasteiger partial charge < -0.3 is 10.6 Å². The Morgan fingerprint density at radius 1 is 1.03 bits per heavy atom. The molecule has 0 spiro atoms. The van der Waals surface area contributed by atoms with E-state index >= 15 is 0 Å². The number of hydrogen-bond donors (Lipinski definition) is 3. The van der Waals surface area contributed by atoms with E-state index in [1.165, 1.54) is 0 Å². The van der Waals surface area contributed by atoms with Gasteiger partial charge in [0.1, 0.15) is 0 Å². The van der Waals surface area contributed by atoms with Gasteiger partial charge in [-0.25, -0.2) is 18.1 Å². The standard InChI is InChI=1S/C21H29ClN4O2S.HI/c1-4-23-21(24-13-17-9-11-20(22)12-10-17)25-14-18-7-5-6-8-19(18)15-29(27,28)26-16(2)3;/h5-12,16,26H,4,13-15H2,1-3H3,(H2,23,24,25);1H. The van der Waals surface area contributed by atoms with Gasteiger partial charge >= 0.3 is 0 Å². The van der Waals surface area contributed by atoms with Gasteiger partial charge in [-0.3, -0.25) is 0 Å². The van der Waals surface area contributed by atoms with Crippen LogP contribution >= 0.6 is 35.6 Å². The van der Waals surface area contributed by atoms with E-state index in [9.17, 15) is 8.42 Å². The zero-order valence-electron chi connectivity index (χ0n) is 17.5. The van der Waals surface area contributed by atoms with Crippen LogP contribution in [0.25, 0.3) is 0 Å². The summed E-state index contributed by atoms with van der Waals surface area (Å²) in [4.78, 5) is 4.59. The van der Waals surface area contributed by atoms with Crippen molar-refractivity contribution >= 4 is 51.6 Å². The van der Waals surface area contributed by atoms with Crippen LogP contribution in [0, 0.1) is 0 Å². The van der Waals surface area contributed by atoms with Crippen molar-refractivity contribution in [2.75, 3.05) is 6.54 Å². The summed E-state index contributed by atoms with van der Waals surface area (Å²) >= 11 is 5.92. The molecule has 2 rings (SSSR count). The number of guanidine groups is 1. The van der Waals surface area contributed by atoms with Crippen molar-refractivity contribution in [1.29, 1.82) is 0 Å². The summed E-state index contributed by atoms with van der Waals surface area (Å²) in [6.07, 6.45) is 0. The lowest BCUT2D eigenvalue weighted by Gasteiger charge is -2.15. The summed E-state index contributed by atoms with van der Waals surface area (Å²) in [7, 11) is -3.39. The fourth-order valence-corrected chi connectivity index (χ4v) is 4.38. The van der Waals surface area contributed by atoms with E-state index in [2.05, 4.69) is 20.3 Å². The second-order valence-corrected chi connectivity index (χ2v) is 9.17. The molecule has 166 valence electrons. The minimum absolute atomic E-state index is 0. The molecule has 0 radical (unpaired) electrons. The molecule has 0 aliphatic carbocycles. The Balaban J connectivity index is 0.00000450. The number of nitrogens with zero attached hydrogens (tertiary/aromatic N) is 1. The number of aliphatic imine (C=N–C) groups is 1. The van der Waals surface area contributed by atoms with E-state index in [1.54, 1.807) is 0 Å². The summed E-state index contributed by atoms with van der Waals surface area (Å²) in [5.41, 5.74) is 2.73. The van der Waals surface area contributed by atoms with Gasteiger partial charge in [0, 0.05) is 24.2 Å². The maximum Gasteiger partial charge on any atom is 0.216 e. The molecule has 0 saturated carbocycles. The number of rotatable bonds is 9. The monoisotopic (exact) mass is 564 g/mol. The topological polar surface area (TPSA) is 82.6 Å². The highest BCUT2D eigenvalue weighted by Crippen LogP contribution is 2.13. The SMILES string of the molecule is CCNC(=NCc1ccc(Cl)cc1)NCc1ccccc1CS(=O)(=O)NC(C)C.I. The van der Waals surface area contributed by atoms with Crippen molar-refractivity contribution in [3.63, 3.8) is 0 Å². The van der Waals surface area contributed by atoms with E-state index in [1.807, 2.05) is 69.3 Å². The predicted octanol–water partition coefficient (Wildman–Crippen LogP) is 4.04. The van der Waals surface area contributed by atoms with Gasteiger partial charge in [-0.05, 0) is 49.6 Å². The van der Waals surface area contributed by atoms with Crippen LogP contribution in [0.1, 0.15) is 37.5 Å². The normalized spacial score (nSPS) is 11.8. The molecular formula is C21H30ClIN4O2S. The molecule has 2 aromatic rings. The lowest BCUT2D eigenvalue weighted by Crippen LogP contribution is -2.37. The van der Waals surface area contributed by atoms with E-state index in [0.29, 0.717) is 24.1 Å². The average molecular weight is 565 g/mol. The fourth-order valence-electron chi connectivity index (χ4n) is 2.76. The van der Waals surface area contributed by atoms with Crippen molar-refractivity contribution in [2.24, 2.45) is 4.99 Å². The van der Waals surface area contributed by atoms with E-state index in [0.717, 1.165) is 23.2 Å². The molecule has 3 N–H and O–H groups in total. The molecule has 0 amide bonds. The van der Waals surface area contributed by atoms with Gasteiger partial charge in [-0.15, -0.1) is 24.0 Å². The molecule has 0 saturated heterocycles. The summed E-state index contributed by atoms with van der Waals surface area (Å²) in [5, 5.41) is 7.19. The highest BCUT2D eigenvalue weighted by Gasteiger charge is 2.15. The van der Waals surface area contributed by atoms with Crippen LogP contribution in [0.2, 0.25) is 5.02 Å². The molecule has 0 heterocycles. The molecule has 2 aromatic carbocycles. The highest BCUT2D eigenvalue weighted by molar-refractivity contribution is 14.0. The van der Waals surface area contributed by atoms with Gasteiger partial charge in [-0.2, -0.15) is 0 Å². The van der Waals surface area contributed by atoms with Gasteiger partial charge in [0.05, 0.1) is 12.3 Å². The number of halogens is 2. The largest absolute Gasteiger partial charge is 0.357 e. The van der Waals surface area contributed by atoms with E-state index < -0.39 is 10.0 Å². The van der Waals surface area contributed by atoms with Crippen LogP contribution in [0.3, 0.4) is 0 Å². The smallest absolute Gasteiger partial charge is 0.216 e. The zero-order chi connectivity index (χ0) is 21.3. The van der Waals surface area contributed by atoms with E-state index in [-0.39, 0.29) is 35.8 Å². The third kappa shape index (κ3) is 9.63. The first-order valence-corrected chi connectivity index (χ1v) is 11.7. The van der Waals surface area contributed by atoms with Gasteiger partial charge in [0.25, 0.3) is 0 Å². The molecular weight excluding hydrogens is 535 g/mol. The Hall–Kier alpha value is -1.36. The first kappa shape index (κ1) is 26.7. The lowest BCUT2D eigenvalue weighted by atomic mass is 10.1. The zero-order valence-corrected chi connectivity index (χ0v) is 21.4. The minimum atomic E-state index is -3.39. The first-order chi connectivity index (χ1) is 13.8. The van der Waals surface area contributed by atoms with Crippen LogP contribution in [0.15, 0.2) is 53.5 Å². The van der Waals surface area contributed by atoms with Crippen LogP contribution in [0.5, 0.6) is 0 Å². The van der Waals surface area contributed by atoms with Crippen molar-refractivity contribution in [1.82, 2.24) is 15.4 Å². The molecule has 0 fully saturated rings. The predicted molar refractivity (Wildman–Crippen MR) is 136 cm³/mol. The van der Waals surface area contributed by atoms with Crippen LogP contribution < -0.4 is 15.4 Å². The van der Waals surface area contributed by atoms with Gasteiger partial charge in [-0.1, -0.05) is 48.0 Å². The Morgan fingerprint density at radius 2 is 1.67 bits per heavy atom. The fraction of sp³-hybridized carbons (Fsp3) is 0.381. The van der Waals surface area contributed by atoms with E-state index in [4.69, 9.17) is 11.6 Å². The maximum atomic E-state index is 12.3. The third-order valence-corrected chi connectivity index (χ3v) is 5.78. The second kappa shape index (κ2) is 13.1. The Bertz CT molecular complexity index is 919. The van der Waals surface area contributed by atoms with Crippen LogP contribution in [0.4, 0.5) is 0 Å². The molecule has 6 nitrogen and oxygen atoms in total. The average Bonchev–Trinajstić information content (AvgIpc) is 2.65. The second-order valence-electron chi connectivity index (χ2n) is 6.98. The molecule has 0 unspecified atom stereocenters. The number of sulfonamides is 1. The van der Waals surface area contributed by atoms with Gasteiger partial charge in [0.15, 0.2) is 5.96 Å². The maximum absolute atomic E-state index is 12.3. The highest BCUT2D eigenvalue weighted by atomic mass is 127. The Morgan fingerprint density at radius 3 is 2.27 bits per heavy atom. The number of nitrogens with one attached hydrogen (secondary N) is 3. The molecule has 0 bridgehead atoms. The minimum Gasteiger partial charge on any atom is -0.357 e. The van der Waals surface area contributed by atoms with Crippen LogP contribution in [-0.4, -0.2) is 27.0 Å². The Labute approximate surface area is 202 Å². The summed E-state index contributed by atoms with van der Waals surface area (Å²) in [6, 6.07) is 15.0. The number of hydrogen-bond acceptors (Lipinski definition) is 3. The van der Waals surface area contributed by atoms with Crippen molar-refractivity contribution in [3.05, 3.63) is 70.2 Å². The molecule has 30 heavy (non-hydrogen) atoms.